The Morgan fingerprint density at radius 3 is 1.37 bits per heavy atom. The lowest BCUT2D eigenvalue weighted by Crippen LogP contribution is -2.35. The maximum absolute atomic E-state index is 12.5. The van der Waals surface area contributed by atoms with E-state index in [4.69, 9.17) is 9.98 Å². The summed E-state index contributed by atoms with van der Waals surface area (Å²) in [4.78, 5) is 35.0. The lowest BCUT2D eigenvalue weighted by atomic mass is 9.84. The van der Waals surface area contributed by atoms with E-state index in [1.165, 1.54) is 12.8 Å². The topological polar surface area (TPSA) is 147 Å². The standard InChI is InChI=1S/C44H70N6O4/c1-9-11-13-17-21-45-41(53)49-27-31-23-33(39(51)35(25-31)43(3,4)5)29-47-37-19-15-16-20-38(37)48-30-34-24-32(26-36(40(34)52)44(6,7)8)28-50-42(54)46-22-18-14-12-10-2/h23-26,29-30,37-38,51-52H,9-22,27-28H2,1-8H3,(H2,45,49,53)(H2,46,50,54)/t37-,38-/m1/s1. The molecule has 4 amide bonds. The Morgan fingerprint density at radius 1 is 0.630 bits per heavy atom. The van der Waals surface area contributed by atoms with E-state index in [2.05, 4.69) is 76.7 Å². The summed E-state index contributed by atoms with van der Waals surface area (Å²) in [5.74, 6) is 0.392. The summed E-state index contributed by atoms with van der Waals surface area (Å²) >= 11 is 0. The quantitative estimate of drug-likeness (QED) is 0.0667. The van der Waals surface area contributed by atoms with Crippen LogP contribution in [0.25, 0.3) is 0 Å². The third-order valence-corrected chi connectivity index (χ3v) is 10.1. The molecule has 10 nitrogen and oxygen atoms in total. The molecule has 0 unspecified atom stereocenters. The van der Waals surface area contributed by atoms with Crippen molar-refractivity contribution in [2.75, 3.05) is 13.1 Å². The van der Waals surface area contributed by atoms with Crippen molar-refractivity contribution in [2.45, 2.75) is 168 Å². The van der Waals surface area contributed by atoms with Gasteiger partial charge in [0.1, 0.15) is 11.5 Å². The fraction of sp³-hybridized carbons (Fsp3) is 0.636. The first kappa shape index (κ1) is 44.3. The molecule has 10 heteroatoms. The molecule has 1 aliphatic carbocycles. The molecular formula is C44H70N6O4. The Balaban J connectivity index is 1.79. The summed E-state index contributed by atoms with van der Waals surface area (Å²) in [5, 5.41) is 34.6. The predicted molar refractivity (Wildman–Crippen MR) is 224 cm³/mol. The Morgan fingerprint density at radius 2 is 1.02 bits per heavy atom. The van der Waals surface area contributed by atoms with Crippen LogP contribution in [-0.2, 0) is 23.9 Å². The average Bonchev–Trinajstić information content (AvgIpc) is 3.12. The zero-order valence-electron chi connectivity index (χ0n) is 34.5. The van der Waals surface area contributed by atoms with Crippen molar-refractivity contribution in [3.8, 4) is 11.5 Å². The number of rotatable bonds is 18. The van der Waals surface area contributed by atoms with Gasteiger partial charge >= 0.3 is 12.1 Å². The van der Waals surface area contributed by atoms with Crippen LogP contribution < -0.4 is 21.3 Å². The number of unbranched alkanes of at least 4 members (excludes halogenated alkanes) is 6. The van der Waals surface area contributed by atoms with Crippen LogP contribution in [0.1, 0.15) is 166 Å². The van der Waals surface area contributed by atoms with Crippen molar-refractivity contribution in [1.29, 1.82) is 0 Å². The fourth-order valence-corrected chi connectivity index (χ4v) is 6.77. The van der Waals surface area contributed by atoms with E-state index < -0.39 is 0 Å². The number of nitrogens with zero attached hydrogens (tertiary/aromatic N) is 2. The first-order chi connectivity index (χ1) is 25.6. The van der Waals surface area contributed by atoms with Crippen LogP contribution in [0.2, 0.25) is 0 Å². The second kappa shape index (κ2) is 21.7. The lowest BCUT2D eigenvalue weighted by molar-refractivity contribution is 0.239. The van der Waals surface area contributed by atoms with Gasteiger partial charge in [-0.25, -0.2) is 9.59 Å². The van der Waals surface area contributed by atoms with Crippen LogP contribution in [-0.4, -0.2) is 59.9 Å². The molecule has 1 aliphatic rings. The monoisotopic (exact) mass is 747 g/mol. The third-order valence-electron chi connectivity index (χ3n) is 10.1. The van der Waals surface area contributed by atoms with Gasteiger partial charge in [-0.2, -0.15) is 0 Å². The molecule has 3 rings (SSSR count). The second-order valence-corrected chi connectivity index (χ2v) is 17.0. The number of nitrogens with one attached hydrogen (secondary N) is 4. The van der Waals surface area contributed by atoms with Gasteiger partial charge in [-0.15, -0.1) is 0 Å². The van der Waals surface area contributed by atoms with Crippen LogP contribution in [0.5, 0.6) is 11.5 Å². The van der Waals surface area contributed by atoms with E-state index in [1.54, 1.807) is 12.4 Å². The minimum atomic E-state index is -0.322. The van der Waals surface area contributed by atoms with Crippen molar-refractivity contribution in [3.05, 3.63) is 57.6 Å². The Hall–Kier alpha value is -4.08. The number of phenolic OH excluding ortho intramolecular Hbond substituents is 2. The Bertz CT molecular complexity index is 1440. The highest BCUT2D eigenvalue weighted by Gasteiger charge is 2.26. The van der Waals surface area contributed by atoms with Crippen molar-refractivity contribution < 1.29 is 19.8 Å². The zero-order chi connectivity index (χ0) is 39.7. The van der Waals surface area contributed by atoms with E-state index in [9.17, 15) is 19.8 Å². The molecule has 0 bridgehead atoms. The third kappa shape index (κ3) is 14.6. The van der Waals surface area contributed by atoms with Crippen molar-refractivity contribution in [2.24, 2.45) is 9.98 Å². The minimum Gasteiger partial charge on any atom is -0.507 e. The maximum atomic E-state index is 12.5. The zero-order valence-corrected chi connectivity index (χ0v) is 34.5. The summed E-state index contributed by atoms with van der Waals surface area (Å²) in [5.41, 5.74) is 3.96. The van der Waals surface area contributed by atoms with Gasteiger partial charge in [0, 0.05) is 60.9 Å². The molecule has 300 valence electrons. The summed E-state index contributed by atoms with van der Waals surface area (Å²) in [6.07, 6.45) is 16.1. The number of benzene rings is 2. The average molecular weight is 747 g/mol. The first-order valence-electron chi connectivity index (χ1n) is 20.5. The number of aromatic hydroxyl groups is 2. The molecular weight excluding hydrogens is 677 g/mol. The summed E-state index contributed by atoms with van der Waals surface area (Å²) in [7, 11) is 0. The van der Waals surface area contributed by atoms with E-state index in [0.717, 1.165) is 86.5 Å². The van der Waals surface area contributed by atoms with Gasteiger partial charge in [0.15, 0.2) is 0 Å². The van der Waals surface area contributed by atoms with E-state index in [1.807, 2.05) is 24.3 Å². The predicted octanol–water partition coefficient (Wildman–Crippen LogP) is 9.30. The largest absolute Gasteiger partial charge is 0.507 e. The van der Waals surface area contributed by atoms with E-state index in [-0.39, 0.29) is 46.5 Å². The molecule has 1 fully saturated rings. The van der Waals surface area contributed by atoms with Gasteiger partial charge < -0.3 is 31.5 Å². The smallest absolute Gasteiger partial charge is 0.315 e. The van der Waals surface area contributed by atoms with Crippen LogP contribution in [0.3, 0.4) is 0 Å². The lowest BCUT2D eigenvalue weighted by Gasteiger charge is -2.26. The molecule has 0 saturated heterocycles. The first-order valence-corrected chi connectivity index (χ1v) is 20.5. The molecule has 2 aromatic rings. The van der Waals surface area contributed by atoms with Gasteiger partial charge in [-0.05, 0) is 71.9 Å². The highest BCUT2D eigenvalue weighted by atomic mass is 16.3. The second-order valence-electron chi connectivity index (χ2n) is 17.0. The molecule has 0 aromatic heterocycles. The normalized spacial score (nSPS) is 16.5. The van der Waals surface area contributed by atoms with Crippen molar-refractivity contribution >= 4 is 24.5 Å². The summed E-state index contributed by atoms with van der Waals surface area (Å²) < 4.78 is 0. The molecule has 0 heterocycles. The number of carbonyl (C=O) groups is 2. The van der Waals surface area contributed by atoms with Gasteiger partial charge in [0.2, 0.25) is 0 Å². The number of amides is 4. The van der Waals surface area contributed by atoms with Crippen molar-refractivity contribution in [1.82, 2.24) is 21.3 Å². The van der Waals surface area contributed by atoms with E-state index >= 15 is 0 Å². The molecule has 0 spiro atoms. The maximum Gasteiger partial charge on any atom is 0.315 e. The Kier molecular flexibility index (Phi) is 17.8. The highest BCUT2D eigenvalue weighted by Crippen LogP contribution is 2.36. The fourth-order valence-electron chi connectivity index (χ4n) is 6.77. The number of phenols is 2. The van der Waals surface area contributed by atoms with Gasteiger partial charge in [0.05, 0.1) is 12.1 Å². The summed E-state index contributed by atoms with van der Waals surface area (Å²) in [6, 6.07) is 7.14. The number of urea groups is 2. The van der Waals surface area contributed by atoms with Crippen molar-refractivity contribution in [3.63, 3.8) is 0 Å². The molecule has 6 N–H and O–H groups in total. The SMILES string of the molecule is CCCCCCNC(=O)NCc1cc(C=N[C@@H]2CCCC[C@H]2N=Cc2cc(CNC(=O)NCCCCCC)cc(C(C)(C)C)c2O)c(O)c(C(C)(C)C)c1. The van der Waals surface area contributed by atoms with Gasteiger partial charge in [-0.3, -0.25) is 9.98 Å². The van der Waals surface area contributed by atoms with Gasteiger partial charge in [-0.1, -0.05) is 107 Å². The molecule has 1 saturated carbocycles. The Labute approximate surface area is 325 Å². The number of carbonyl (C=O) groups excluding carboxylic acids is 2. The van der Waals surface area contributed by atoms with E-state index in [0.29, 0.717) is 37.3 Å². The number of aliphatic imine (C=N–C) groups is 2. The number of hydrogen-bond donors (Lipinski definition) is 6. The highest BCUT2D eigenvalue weighted by molar-refractivity contribution is 5.86. The molecule has 54 heavy (non-hydrogen) atoms. The van der Waals surface area contributed by atoms with Crippen LogP contribution in [0.15, 0.2) is 34.3 Å². The summed E-state index contributed by atoms with van der Waals surface area (Å²) in [6.45, 7) is 18.7. The van der Waals surface area contributed by atoms with Gasteiger partial charge in [0.25, 0.3) is 0 Å². The minimum absolute atomic E-state index is 0.0946. The van der Waals surface area contributed by atoms with Crippen LogP contribution in [0.4, 0.5) is 9.59 Å². The molecule has 0 aliphatic heterocycles. The number of hydrogen-bond acceptors (Lipinski definition) is 6. The molecule has 0 radical (unpaired) electrons. The van der Waals surface area contributed by atoms with Crippen LogP contribution >= 0.6 is 0 Å². The molecule has 2 atom stereocenters. The van der Waals surface area contributed by atoms with Crippen LogP contribution in [0, 0.1) is 0 Å². The molecule has 2 aromatic carbocycles.